The van der Waals surface area contributed by atoms with Gasteiger partial charge in [-0.15, -0.1) is 0 Å². The van der Waals surface area contributed by atoms with Crippen molar-refractivity contribution >= 4 is 17.3 Å². The second kappa shape index (κ2) is 7.78. The van der Waals surface area contributed by atoms with E-state index >= 15 is 0 Å². The molecule has 2 N–H and O–H groups in total. The number of hydrogen-bond acceptors (Lipinski definition) is 3. The summed E-state index contributed by atoms with van der Waals surface area (Å²) in [5, 5.41) is 6.17. The van der Waals surface area contributed by atoms with Gasteiger partial charge in [0.2, 0.25) is 5.91 Å². The zero-order chi connectivity index (χ0) is 15.1. The molecular weight excluding hydrogens is 250 g/mol. The first-order chi connectivity index (χ1) is 9.40. The molecule has 1 aromatic rings. The molecule has 0 fully saturated rings. The van der Waals surface area contributed by atoms with Gasteiger partial charge in [-0.3, -0.25) is 4.79 Å². The Bertz CT molecular complexity index is 412. The van der Waals surface area contributed by atoms with Crippen molar-refractivity contribution in [2.24, 2.45) is 5.92 Å². The predicted molar refractivity (Wildman–Crippen MR) is 86.3 cm³/mol. The Hall–Kier alpha value is -1.71. The lowest BCUT2D eigenvalue weighted by Gasteiger charge is -2.17. The Labute approximate surface area is 122 Å². The number of nitrogens with one attached hydrogen (secondary N) is 2. The number of hydrogen-bond donors (Lipinski definition) is 2. The third kappa shape index (κ3) is 5.51. The van der Waals surface area contributed by atoms with E-state index in [4.69, 9.17) is 0 Å². The summed E-state index contributed by atoms with van der Waals surface area (Å²) in [6.45, 7) is 6.92. The summed E-state index contributed by atoms with van der Waals surface area (Å²) >= 11 is 0. The molecule has 0 radical (unpaired) electrons. The van der Waals surface area contributed by atoms with Crippen LogP contribution in [0.1, 0.15) is 27.2 Å². The maximum atomic E-state index is 11.9. The Morgan fingerprint density at radius 1 is 1.15 bits per heavy atom. The molecule has 1 aromatic carbocycles. The molecular formula is C16H27N3O. The Balaban J connectivity index is 2.44. The molecule has 0 spiro atoms. The van der Waals surface area contributed by atoms with Crippen LogP contribution in [0.2, 0.25) is 0 Å². The van der Waals surface area contributed by atoms with Crippen LogP contribution in [-0.4, -0.2) is 32.6 Å². The van der Waals surface area contributed by atoms with Crippen molar-refractivity contribution in [2.75, 3.05) is 30.9 Å². The van der Waals surface area contributed by atoms with E-state index in [9.17, 15) is 4.79 Å². The lowest BCUT2D eigenvalue weighted by Crippen LogP contribution is -2.38. The predicted octanol–water partition coefficient (Wildman–Crippen LogP) is 2.72. The number of nitrogens with zero attached hydrogens (tertiary/aromatic N) is 1. The molecule has 0 aliphatic rings. The fourth-order valence-electron chi connectivity index (χ4n) is 1.81. The van der Waals surface area contributed by atoms with Gasteiger partial charge in [0.15, 0.2) is 0 Å². The summed E-state index contributed by atoms with van der Waals surface area (Å²) in [7, 11) is 4.01. The molecule has 4 heteroatoms. The number of benzene rings is 1. The zero-order valence-electron chi connectivity index (χ0n) is 13.2. The summed E-state index contributed by atoms with van der Waals surface area (Å²) in [5.74, 6) is 0.652. The van der Waals surface area contributed by atoms with Gasteiger partial charge in [-0.25, -0.2) is 0 Å². The van der Waals surface area contributed by atoms with Crippen LogP contribution in [0.25, 0.3) is 0 Å². The van der Waals surface area contributed by atoms with Gasteiger partial charge in [-0.2, -0.15) is 0 Å². The molecule has 0 aliphatic heterocycles. The van der Waals surface area contributed by atoms with Gasteiger partial charge in [0.1, 0.15) is 6.04 Å². The van der Waals surface area contributed by atoms with Crippen molar-refractivity contribution in [1.82, 2.24) is 5.32 Å². The van der Waals surface area contributed by atoms with Gasteiger partial charge in [0.05, 0.1) is 0 Å². The van der Waals surface area contributed by atoms with E-state index in [1.165, 1.54) is 0 Å². The molecule has 1 atom stereocenters. The average molecular weight is 277 g/mol. The second-order valence-electron chi connectivity index (χ2n) is 5.78. The van der Waals surface area contributed by atoms with Crippen LogP contribution in [0.3, 0.4) is 0 Å². The largest absolute Gasteiger partial charge is 0.378 e. The molecule has 0 aromatic heterocycles. The molecule has 0 heterocycles. The normalized spacial score (nSPS) is 12.1. The van der Waals surface area contributed by atoms with E-state index in [-0.39, 0.29) is 11.9 Å². The highest BCUT2D eigenvalue weighted by Crippen LogP contribution is 2.16. The van der Waals surface area contributed by atoms with E-state index < -0.39 is 0 Å². The van der Waals surface area contributed by atoms with E-state index in [2.05, 4.69) is 24.5 Å². The number of anilines is 2. The van der Waals surface area contributed by atoms with Gasteiger partial charge in [0, 0.05) is 32.0 Å². The van der Waals surface area contributed by atoms with Crippen LogP contribution >= 0.6 is 0 Å². The Kier molecular flexibility index (Phi) is 6.36. The molecule has 20 heavy (non-hydrogen) atoms. The zero-order valence-corrected chi connectivity index (χ0v) is 13.2. The molecule has 1 rings (SSSR count). The van der Waals surface area contributed by atoms with Crippen LogP contribution in [-0.2, 0) is 4.79 Å². The summed E-state index contributed by atoms with van der Waals surface area (Å²) in [6.07, 6.45) is 1.01. The highest BCUT2D eigenvalue weighted by molar-refractivity contribution is 5.84. The van der Waals surface area contributed by atoms with Crippen LogP contribution in [0.4, 0.5) is 11.4 Å². The fraction of sp³-hybridized carbons (Fsp3) is 0.562. The standard InChI is InChI=1S/C16H27N3O/c1-12(2)10-11-17-16(20)13(3)18-14-6-8-15(9-7-14)19(4)5/h6-9,12-13,18H,10-11H2,1-5H3,(H,17,20). The molecule has 0 saturated carbocycles. The van der Waals surface area contributed by atoms with Gasteiger partial charge in [-0.05, 0) is 43.5 Å². The first-order valence-corrected chi connectivity index (χ1v) is 7.21. The monoisotopic (exact) mass is 277 g/mol. The van der Waals surface area contributed by atoms with Crippen molar-refractivity contribution < 1.29 is 4.79 Å². The van der Waals surface area contributed by atoms with Gasteiger partial charge in [-0.1, -0.05) is 13.8 Å². The molecule has 112 valence electrons. The molecule has 0 aliphatic carbocycles. The van der Waals surface area contributed by atoms with Crippen molar-refractivity contribution in [3.63, 3.8) is 0 Å². The van der Waals surface area contributed by atoms with Crippen LogP contribution in [0, 0.1) is 5.92 Å². The maximum Gasteiger partial charge on any atom is 0.242 e. The number of amides is 1. The maximum absolute atomic E-state index is 11.9. The highest BCUT2D eigenvalue weighted by Gasteiger charge is 2.12. The number of rotatable bonds is 7. The first kappa shape index (κ1) is 16.3. The summed E-state index contributed by atoms with van der Waals surface area (Å²) in [5.41, 5.74) is 2.10. The third-order valence-corrected chi connectivity index (χ3v) is 3.18. The molecule has 0 saturated heterocycles. The van der Waals surface area contributed by atoms with E-state index in [0.29, 0.717) is 5.92 Å². The average Bonchev–Trinajstić information content (AvgIpc) is 2.38. The van der Waals surface area contributed by atoms with Gasteiger partial charge >= 0.3 is 0 Å². The summed E-state index contributed by atoms with van der Waals surface area (Å²) < 4.78 is 0. The smallest absolute Gasteiger partial charge is 0.242 e. The Morgan fingerprint density at radius 3 is 2.25 bits per heavy atom. The minimum Gasteiger partial charge on any atom is -0.378 e. The third-order valence-electron chi connectivity index (χ3n) is 3.18. The number of carbonyl (C=O) groups is 1. The van der Waals surface area contributed by atoms with E-state index in [1.807, 2.05) is 50.2 Å². The van der Waals surface area contributed by atoms with Crippen molar-refractivity contribution in [3.8, 4) is 0 Å². The summed E-state index contributed by atoms with van der Waals surface area (Å²) in [6, 6.07) is 7.82. The van der Waals surface area contributed by atoms with E-state index in [1.54, 1.807) is 0 Å². The molecule has 1 unspecified atom stereocenters. The fourth-order valence-corrected chi connectivity index (χ4v) is 1.81. The quantitative estimate of drug-likeness (QED) is 0.805. The summed E-state index contributed by atoms with van der Waals surface area (Å²) in [4.78, 5) is 14.0. The lowest BCUT2D eigenvalue weighted by atomic mass is 10.1. The van der Waals surface area contributed by atoms with Crippen LogP contribution < -0.4 is 15.5 Å². The lowest BCUT2D eigenvalue weighted by molar-refractivity contribution is -0.121. The first-order valence-electron chi connectivity index (χ1n) is 7.21. The molecule has 1 amide bonds. The van der Waals surface area contributed by atoms with Crippen LogP contribution in [0.5, 0.6) is 0 Å². The second-order valence-corrected chi connectivity index (χ2v) is 5.78. The minimum absolute atomic E-state index is 0.0438. The van der Waals surface area contributed by atoms with Crippen molar-refractivity contribution in [2.45, 2.75) is 33.2 Å². The minimum atomic E-state index is -0.229. The molecule has 0 bridgehead atoms. The Morgan fingerprint density at radius 2 is 1.75 bits per heavy atom. The van der Waals surface area contributed by atoms with Crippen molar-refractivity contribution in [1.29, 1.82) is 0 Å². The highest BCUT2D eigenvalue weighted by atomic mass is 16.2. The number of carbonyl (C=O) groups excluding carboxylic acids is 1. The van der Waals surface area contributed by atoms with Crippen molar-refractivity contribution in [3.05, 3.63) is 24.3 Å². The topological polar surface area (TPSA) is 44.4 Å². The van der Waals surface area contributed by atoms with Gasteiger partial charge < -0.3 is 15.5 Å². The van der Waals surface area contributed by atoms with E-state index in [0.717, 1.165) is 24.3 Å². The van der Waals surface area contributed by atoms with Gasteiger partial charge in [0.25, 0.3) is 0 Å². The molecule has 4 nitrogen and oxygen atoms in total. The SMILES string of the molecule is CC(C)CCNC(=O)C(C)Nc1ccc(N(C)C)cc1. The van der Waals surface area contributed by atoms with Crippen LogP contribution in [0.15, 0.2) is 24.3 Å².